The minimum Gasteiger partial charge on any atom is -0.336 e. The van der Waals surface area contributed by atoms with Crippen molar-refractivity contribution in [3.05, 3.63) is 18.0 Å². The van der Waals surface area contributed by atoms with Crippen LogP contribution in [0.15, 0.2) is 12.3 Å². The molecule has 2 amide bonds. The van der Waals surface area contributed by atoms with Crippen molar-refractivity contribution in [1.82, 2.24) is 30.4 Å². The predicted octanol–water partition coefficient (Wildman–Crippen LogP) is 0.878. The zero-order valence-corrected chi connectivity index (χ0v) is 21.4. The normalized spacial score (nSPS) is 24.2. The van der Waals surface area contributed by atoms with Gasteiger partial charge in [-0.3, -0.25) is 24.6 Å². The summed E-state index contributed by atoms with van der Waals surface area (Å²) in [7, 11) is 2.10. The first kappa shape index (κ1) is 26.4. The molecule has 3 atom stereocenters. The van der Waals surface area contributed by atoms with Crippen LogP contribution in [0.3, 0.4) is 0 Å². The molecular formula is C25H39N7O4. The maximum Gasteiger partial charge on any atom is 0.242 e. The lowest BCUT2D eigenvalue weighted by Gasteiger charge is -2.38. The fourth-order valence-corrected chi connectivity index (χ4v) is 5.82. The van der Waals surface area contributed by atoms with E-state index < -0.39 is 12.0 Å². The first-order valence-electron chi connectivity index (χ1n) is 13.1. The van der Waals surface area contributed by atoms with Gasteiger partial charge in [0.05, 0.1) is 24.6 Å². The van der Waals surface area contributed by atoms with Crippen LogP contribution >= 0.6 is 0 Å². The first-order chi connectivity index (χ1) is 17.4. The number of aromatic nitrogens is 2. The monoisotopic (exact) mass is 501 g/mol. The molecule has 1 saturated carbocycles. The Kier molecular flexibility index (Phi) is 8.86. The quantitative estimate of drug-likeness (QED) is 0.273. The Morgan fingerprint density at radius 2 is 2.06 bits per heavy atom. The van der Waals surface area contributed by atoms with E-state index >= 15 is 0 Å². The standard InChI is InChI=1S/C25H39N7O4/c1-18-15-29(2)11-12-31(18)25-26-9-7-21(28-25)14-23(34)22-8-10-27-32(22)24(35)20(16-30(36)17-33)13-19-5-3-4-6-19/h7,9,17-20,22,27,36H,3-6,8,10-16H2,1-2H3/t18-,20-,22+/m1/s1. The predicted molar refractivity (Wildman–Crippen MR) is 133 cm³/mol. The van der Waals surface area contributed by atoms with E-state index in [1.807, 2.05) is 0 Å². The number of hydrazine groups is 1. The number of piperazine rings is 1. The lowest BCUT2D eigenvalue weighted by atomic mass is 9.91. The van der Waals surface area contributed by atoms with Crippen LogP contribution in [0, 0.1) is 11.8 Å². The van der Waals surface area contributed by atoms with Gasteiger partial charge in [0, 0.05) is 38.4 Å². The topological polar surface area (TPSA) is 122 Å². The van der Waals surface area contributed by atoms with E-state index in [4.69, 9.17) is 0 Å². The van der Waals surface area contributed by atoms with E-state index in [0.29, 0.717) is 48.4 Å². The van der Waals surface area contributed by atoms with E-state index in [1.165, 1.54) is 5.01 Å². The number of anilines is 1. The van der Waals surface area contributed by atoms with Gasteiger partial charge in [-0.25, -0.2) is 20.5 Å². The highest BCUT2D eigenvalue weighted by molar-refractivity contribution is 5.91. The third-order valence-electron chi connectivity index (χ3n) is 7.74. The summed E-state index contributed by atoms with van der Waals surface area (Å²) in [4.78, 5) is 51.4. The second-order valence-electron chi connectivity index (χ2n) is 10.5. The van der Waals surface area contributed by atoms with Crippen molar-refractivity contribution in [2.45, 2.75) is 64.0 Å². The van der Waals surface area contributed by atoms with E-state index in [-0.39, 0.29) is 30.7 Å². The van der Waals surface area contributed by atoms with Gasteiger partial charge in [0.25, 0.3) is 0 Å². The Labute approximate surface area is 212 Å². The lowest BCUT2D eigenvalue weighted by molar-refractivity contribution is -0.159. The van der Waals surface area contributed by atoms with Crippen molar-refractivity contribution in [2.75, 3.05) is 44.7 Å². The van der Waals surface area contributed by atoms with Gasteiger partial charge in [-0.2, -0.15) is 0 Å². The molecule has 1 aromatic heterocycles. The molecule has 3 fully saturated rings. The Morgan fingerprint density at radius 1 is 1.28 bits per heavy atom. The van der Waals surface area contributed by atoms with Crippen LogP contribution < -0.4 is 10.3 Å². The van der Waals surface area contributed by atoms with Crippen LogP contribution in [0.1, 0.15) is 51.1 Å². The largest absolute Gasteiger partial charge is 0.336 e. The summed E-state index contributed by atoms with van der Waals surface area (Å²) in [6, 6.07) is 1.43. The van der Waals surface area contributed by atoms with E-state index in [1.54, 1.807) is 12.3 Å². The number of hydrogen-bond acceptors (Lipinski definition) is 9. The molecular weight excluding hydrogens is 462 g/mol. The summed E-state index contributed by atoms with van der Waals surface area (Å²) in [5.41, 5.74) is 3.71. The van der Waals surface area contributed by atoms with Gasteiger partial charge < -0.3 is 9.80 Å². The van der Waals surface area contributed by atoms with Gasteiger partial charge in [0.15, 0.2) is 5.78 Å². The molecule has 1 aliphatic carbocycles. The number of likely N-dealkylation sites (N-methyl/N-ethyl adjacent to an activating group) is 1. The number of Topliss-reactive ketones (excluding diaryl/α,β-unsaturated/α-hetero) is 1. The van der Waals surface area contributed by atoms with Gasteiger partial charge in [-0.15, -0.1) is 0 Å². The lowest BCUT2D eigenvalue weighted by Crippen LogP contribution is -2.51. The van der Waals surface area contributed by atoms with Gasteiger partial charge in [-0.05, 0) is 38.8 Å². The zero-order chi connectivity index (χ0) is 25.7. The third-order valence-corrected chi connectivity index (χ3v) is 7.74. The number of amides is 2. The molecule has 0 aromatic carbocycles. The molecule has 4 rings (SSSR count). The molecule has 11 heteroatoms. The summed E-state index contributed by atoms with van der Waals surface area (Å²) in [5, 5.41) is 11.8. The molecule has 198 valence electrons. The van der Waals surface area contributed by atoms with Crippen LogP contribution in [-0.2, 0) is 20.8 Å². The SMILES string of the molecule is C[C@@H]1CN(C)CCN1c1nccc(CC(=O)[C@@H]2CCNN2C(=O)[C@H](CC2CCCC2)CN(O)C=O)n1. The average Bonchev–Trinajstić information content (AvgIpc) is 3.55. The molecule has 11 nitrogen and oxygen atoms in total. The summed E-state index contributed by atoms with van der Waals surface area (Å²) in [5.74, 6) is 0.140. The van der Waals surface area contributed by atoms with Crippen molar-refractivity contribution in [1.29, 1.82) is 0 Å². The Hall–Kier alpha value is -2.63. The van der Waals surface area contributed by atoms with E-state index in [9.17, 15) is 19.6 Å². The molecule has 0 bridgehead atoms. The highest BCUT2D eigenvalue weighted by atomic mass is 16.5. The van der Waals surface area contributed by atoms with Crippen LogP contribution in [0.2, 0.25) is 0 Å². The molecule has 0 radical (unpaired) electrons. The summed E-state index contributed by atoms with van der Waals surface area (Å²) in [6.07, 6.45) is 7.62. The molecule has 2 N–H and O–H groups in total. The molecule has 0 spiro atoms. The van der Waals surface area contributed by atoms with Gasteiger partial charge >= 0.3 is 0 Å². The van der Waals surface area contributed by atoms with Crippen LogP contribution in [0.4, 0.5) is 5.95 Å². The van der Waals surface area contributed by atoms with Gasteiger partial charge in [0.2, 0.25) is 18.3 Å². The smallest absolute Gasteiger partial charge is 0.242 e. The van der Waals surface area contributed by atoms with Crippen molar-refractivity contribution in [2.24, 2.45) is 11.8 Å². The molecule has 2 saturated heterocycles. The van der Waals surface area contributed by atoms with Crippen molar-refractivity contribution >= 4 is 24.0 Å². The number of nitrogens with zero attached hydrogens (tertiary/aromatic N) is 6. The Balaban J connectivity index is 1.42. The van der Waals surface area contributed by atoms with Crippen molar-refractivity contribution in [3.8, 4) is 0 Å². The molecule has 3 aliphatic rings. The van der Waals surface area contributed by atoms with Crippen LogP contribution in [0.25, 0.3) is 0 Å². The Morgan fingerprint density at radius 3 is 2.78 bits per heavy atom. The second kappa shape index (κ2) is 12.1. The Bertz CT molecular complexity index is 925. The number of hydrogen-bond donors (Lipinski definition) is 2. The number of hydroxylamine groups is 2. The van der Waals surface area contributed by atoms with Crippen LogP contribution in [-0.4, -0.2) is 100 Å². The minimum atomic E-state index is -0.604. The van der Waals surface area contributed by atoms with Gasteiger partial charge in [-0.1, -0.05) is 25.7 Å². The number of carbonyl (C=O) groups is 3. The molecule has 36 heavy (non-hydrogen) atoms. The number of nitrogens with one attached hydrogen (secondary N) is 1. The number of ketones is 1. The van der Waals surface area contributed by atoms with Crippen molar-refractivity contribution in [3.63, 3.8) is 0 Å². The molecule has 0 unspecified atom stereocenters. The summed E-state index contributed by atoms with van der Waals surface area (Å²) in [6.45, 7) is 5.27. The third kappa shape index (κ3) is 6.37. The van der Waals surface area contributed by atoms with E-state index in [2.05, 4.69) is 39.2 Å². The van der Waals surface area contributed by atoms with E-state index in [0.717, 1.165) is 45.3 Å². The fourth-order valence-electron chi connectivity index (χ4n) is 5.82. The summed E-state index contributed by atoms with van der Waals surface area (Å²) < 4.78 is 0. The summed E-state index contributed by atoms with van der Waals surface area (Å²) >= 11 is 0. The highest BCUT2D eigenvalue weighted by Gasteiger charge is 2.39. The maximum absolute atomic E-state index is 13.5. The minimum absolute atomic E-state index is 0.0730. The van der Waals surface area contributed by atoms with Crippen LogP contribution in [0.5, 0.6) is 0 Å². The molecule has 1 aromatic rings. The van der Waals surface area contributed by atoms with Crippen molar-refractivity contribution < 1.29 is 19.6 Å². The molecule has 2 aliphatic heterocycles. The molecule has 3 heterocycles. The highest BCUT2D eigenvalue weighted by Crippen LogP contribution is 2.32. The maximum atomic E-state index is 13.5. The number of rotatable bonds is 10. The first-order valence-corrected chi connectivity index (χ1v) is 13.1. The zero-order valence-electron chi connectivity index (χ0n) is 21.4. The second-order valence-corrected chi connectivity index (χ2v) is 10.5. The van der Waals surface area contributed by atoms with Gasteiger partial charge in [0.1, 0.15) is 6.04 Å². The fraction of sp³-hybridized carbons (Fsp3) is 0.720. The number of carbonyl (C=O) groups excluding carboxylic acids is 3. The average molecular weight is 502 g/mol.